The molecule has 0 saturated carbocycles. The van der Waals surface area contributed by atoms with Crippen molar-refractivity contribution in [2.45, 2.75) is 19.4 Å². The monoisotopic (exact) mass is 209 g/mol. The van der Waals surface area contributed by atoms with Gasteiger partial charge in [-0.15, -0.1) is 6.42 Å². The summed E-state index contributed by atoms with van der Waals surface area (Å²) in [5.74, 6) is -0.174. The van der Waals surface area contributed by atoms with Crippen LogP contribution in [0.5, 0.6) is 0 Å². The number of rotatable bonds is 4. The van der Waals surface area contributed by atoms with Crippen LogP contribution in [0.25, 0.3) is 0 Å². The molecule has 0 bridgehead atoms. The molecular weight excluding hydrogens is 196 g/mol. The number of alkyl halides is 2. The summed E-state index contributed by atoms with van der Waals surface area (Å²) in [5.41, 5.74) is 1.73. The highest BCUT2D eigenvalue weighted by Gasteiger charge is 2.19. The minimum atomic E-state index is -2.67. The molecule has 0 spiro atoms. The summed E-state index contributed by atoms with van der Waals surface area (Å²) >= 11 is 0. The van der Waals surface area contributed by atoms with Crippen molar-refractivity contribution >= 4 is 0 Å². The lowest BCUT2D eigenvalue weighted by Gasteiger charge is -2.11. The lowest BCUT2D eigenvalue weighted by Crippen LogP contribution is -2.29. The van der Waals surface area contributed by atoms with Crippen LogP contribution in [0.4, 0.5) is 8.78 Å². The van der Waals surface area contributed by atoms with E-state index in [4.69, 9.17) is 6.42 Å². The standard InChI is InChI=1S/C12H13F2N/c1-3-10-4-6-11(7-5-10)8-15-9-12(2,13)14/h1,4-7,15H,8-9H2,2H3. The average molecular weight is 209 g/mol. The number of benzene rings is 1. The van der Waals surface area contributed by atoms with Gasteiger partial charge in [0.1, 0.15) is 0 Å². The first-order valence-corrected chi connectivity index (χ1v) is 4.65. The van der Waals surface area contributed by atoms with Gasteiger partial charge in [0.05, 0.1) is 6.54 Å². The maximum absolute atomic E-state index is 12.5. The zero-order chi connectivity index (χ0) is 11.3. The molecule has 0 fully saturated rings. The Morgan fingerprint density at radius 2 is 1.93 bits per heavy atom. The van der Waals surface area contributed by atoms with Crippen LogP contribution in [0.3, 0.4) is 0 Å². The zero-order valence-electron chi connectivity index (χ0n) is 8.56. The Hall–Kier alpha value is -1.40. The second-order valence-electron chi connectivity index (χ2n) is 3.52. The van der Waals surface area contributed by atoms with Crippen molar-refractivity contribution < 1.29 is 8.78 Å². The first kappa shape index (κ1) is 11.7. The Kier molecular flexibility index (Phi) is 3.81. The van der Waals surface area contributed by atoms with E-state index in [2.05, 4.69) is 11.2 Å². The molecule has 0 heterocycles. The van der Waals surface area contributed by atoms with Crippen LogP contribution in [0.2, 0.25) is 0 Å². The van der Waals surface area contributed by atoms with Gasteiger partial charge >= 0.3 is 0 Å². The number of hydrogen-bond donors (Lipinski definition) is 1. The van der Waals surface area contributed by atoms with Crippen LogP contribution >= 0.6 is 0 Å². The lowest BCUT2D eigenvalue weighted by atomic mass is 10.1. The quantitative estimate of drug-likeness (QED) is 0.751. The Labute approximate surface area is 88.5 Å². The van der Waals surface area contributed by atoms with Crippen molar-refractivity contribution in [1.82, 2.24) is 5.32 Å². The molecule has 0 saturated heterocycles. The summed E-state index contributed by atoms with van der Waals surface area (Å²) in [4.78, 5) is 0. The molecule has 15 heavy (non-hydrogen) atoms. The number of nitrogens with one attached hydrogen (secondary N) is 1. The molecule has 0 unspecified atom stereocenters. The van der Waals surface area contributed by atoms with Crippen molar-refractivity contribution in [3.05, 3.63) is 35.4 Å². The summed E-state index contributed by atoms with van der Waals surface area (Å²) in [6.07, 6.45) is 5.19. The van der Waals surface area contributed by atoms with Gasteiger partial charge in [-0.3, -0.25) is 0 Å². The zero-order valence-corrected chi connectivity index (χ0v) is 8.56. The van der Waals surface area contributed by atoms with Crippen molar-refractivity contribution in [2.24, 2.45) is 0 Å². The van der Waals surface area contributed by atoms with Gasteiger partial charge in [0, 0.05) is 19.0 Å². The fourth-order valence-corrected chi connectivity index (χ4v) is 1.15. The van der Waals surface area contributed by atoms with Crippen LogP contribution in [0.1, 0.15) is 18.1 Å². The summed E-state index contributed by atoms with van der Waals surface area (Å²) in [5, 5.41) is 2.68. The van der Waals surface area contributed by atoms with Gasteiger partial charge in [-0.2, -0.15) is 0 Å². The van der Waals surface area contributed by atoms with Gasteiger partial charge in [-0.25, -0.2) is 8.78 Å². The number of halogens is 2. The summed E-state index contributed by atoms with van der Waals surface area (Å²) in [7, 11) is 0. The van der Waals surface area contributed by atoms with Crippen LogP contribution < -0.4 is 5.32 Å². The third-order valence-corrected chi connectivity index (χ3v) is 1.89. The normalized spacial score (nSPS) is 11.1. The summed E-state index contributed by atoms with van der Waals surface area (Å²) in [6.45, 7) is 1.000. The van der Waals surface area contributed by atoms with Crippen LogP contribution in [-0.4, -0.2) is 12.5 Å². The summed E-state index contributed by atoms with van der Waals surface area (Å²) < 4.78 is 24.9. The van der Waals surface area contributed by atoms with E-state index in [1.807, 2.05) is 12.1 Å². The largest absolute Gasteiger partial charge is 0.307 e. The topological polar surface area (TPSA) is 12.0 Å². The molecule has 1 nitrogen and oxygen atoms in total. The highest BCUT2D eigenvalue weighted by Crippen LogP contribution is 2.09. The molecule has 0 aliphatic rings. The first-order valence-electron chi connectivity index (χ1n) is 4.65. The Morgan fingerprint density at radius 3 is 2.40 bits per heavy atom. The smallest absolute Gasteiger partial charge is 0.257 e. The van der Waals surface area contributed by atoms with E-state index in [-0.39, 0.29) is 6.54 Å². The molecule has 1 aromatic carbocycles. The molecule has 0 radical (unpaired) electrons. The predicted octanol–water partition coefficient (Wildman–Crippen LogP) is 2.41. The molecule has 0 aliphatic carbocycles. The van der Waals surface area contributed by atoms with Gasteiger partial charge in [0.2, 0.25) is 0 Å². The molecule has 1 N–H and O–H groups in total. The van der Waals surface area contributed by atoms with Crippen molar-refractivity contribution in [3.63, 3.8) is 0 Å². The van der Waals surface area contributed by atoms with E-state index >= 15 is 0 Å². The molecule has 1 rings (SSSR count). The van der Waals surface area contributed by atoms with E-state index in [0.29, 0.717) is 6.54 Å². The molecule has 0 aromatic heterocycles. The third kappa shape index (κ3) is 4.57. The molecule has 0 amide bonds. The number of terminal acetylenes is 1. The van der Waals surface area contributed by atoms with Crippen LogP contribution in [0.15, 0.2) is 24.3 Å². The fourth-order valence-electron chi connectivity index (χ4n) is 1.15. The molecule has 80 valence electrons. The van der Waals surface area contributed by atoms with Gasteiger partial charge < -0.3 is 5.32 Å². The molecular formula is C12H13F2N. The Morgan fingerprint density at radius 1 is 1.33 bits per heavy atom. The Balaban J connectivity index is 2.42. The van der Waals surface area contributed by atoms with Crippen molar-refractivity contribution in [3.8, 4) is 12.3 Å². The fraction of sp³-hybridized carbons (Fsp3) is 0.333. The SMILES string of the molecule is C#Cc1ccc(CNCC(C)(F)F)cc1. The second kappa shape index (κ2) is 4.90. The van der Waals surface area contributed by atoms with Crippen molar-refractivity contribution in [2.75, 3.05) is 6.54 Å². The molecule has 3 heteroatoms. The van der Waals surface area contributed by atoms with Gasteiger partial charge in [-0.1, -0.05) is 18.1 Å². The number of hydrogen-bond acceptors (Lipinski definition) is 1. The first-order chi connectivity index (χ1) is 7.01. The predicted molar refractivity (Wildman–Crippen MR) is 56.7 cm³/mol. The van der Waals surface area contributed by atoms with E-state index in [1.54, 1.807) is 12.1 Å². The van der Waals surface area contributed by atoms with Gasteiger partial charge in [0.25, 0.3) is 5.92 Å². The molecule has 0 aliphatic heterocycles. The minimum Gasteiger partial charge on any atom is -0.307 e. The van der Waals surface area contributed by atoms with E-state index in [0.717, 1.165) is 18.1 Å². The highest BCUT2D eigenvalue weighted by atomic mass is 19.3. The molecule has 0 atom stereocenters. The van der Waals surface area contributed by atoms with E-state index in [1.165, 1.54) is 0 Å². The maximum Gasteiger partial charge on any atom is 0.257 e. The second-order valence-corrected chi connectivity index (χ2v) is 3.52. The maximum atomic E-state index is 12.5. The minimum absolute atomic E-state index is 0.316. The molecule has 1 aromatic rings. The summed E-state index contributed by atoms with van der Waals surface area (Å²) in [6, 6.07) is 7.24. The Bertz CT molecular complexity index is 343. The van der Waals surface area contributed by atoms with E-state index < -0.39 is 5.92 Å². The van der Waals surface area contributed by atoms with E-state index in [9.17, 15) is 8.78 Å². The van der Waals surface area contributed by atoms with Gasteiger partial charge in [-0.05, 0) is 17.7 Å². The van der Waals surface area contributed by atoms with Crippen LogP contribution in [-0.2, 0) is 6.54 Å². The van der Waals surface area contributed by atoms with Gasteiger partial charge in [0.15, 0.2) is 0 Å². The third-order valence-electron chi connectivity index (χ3n) is 1.89. The van der Waals surface area contributed by atoms with Crippen LogP contribution in [0, 0.1) is 12.3 Å². The highest BCUT2D eigenvalue weighted by molar-refractivity contribution is 5.34. The lowest BCUT2D eigenvalue weighted by molar-refractivity contribution is 0.0224. The van der Waals surface area contributed by atoms with Crippen molar-refractivity contribution in [1.29, 1.82) is 0 Å². The average Bonchev–Trinajstić information content (AvgIpc) is 2.17.